The molecule has 91 heavy (non-hydrogen) atoms. The van der Waals surface area contributed by atoms with Gasteiger partial charge in [0.25, 0.3) is 11.8 Å². The highest BCUT2D eigenvalue weighted by molar-refractivity contribution is 6.07. The molecule has 0 unspecified atom stereocenters. The first-order chi connectivity index (χ1) is 43.1. The van der Waals surface area contributed by atoms with Gasteiger partial charge in [-0.2, -0.15) is 0 Å². The molecule has 0 radical (unpaired) electrons. The van der Waals surface area contributed by atoms with Crippen molar-refractivity contribution >= 4 is 85.5 Å². The molecule has 9 aromatic rings. The lowest BCUT2D eigenvalue weighted by Crippen LogP contribution is -2.33. The number of aryl methyl sites for hydroxylation is 2. The maximum Gasteiger partial charge on any atom is 0.407 e. The number of ether oxygens (including phenoxy) is 2. The molecule has 0 aliphatic carbocycles. The second kappa shape index (κ2) is 33.3. The molecule has 0 atom stereocenters. The molecule has 484 valence electrons. The lowest BCUT2D eigenvalue weighted by atomic mass is 10.1. The van der Waals surface area contributed by atoms with Gasteiger partial charge in [0.2, 0.25) is 0 Å². The predicted molar refractivity (Wildman–Crippen MR) is 362 cm³/mol. The van der Waals surface area contributed by atoms with Crippen LogP contribution in [-0.2, 0) is 54.7 Å². The van der Waals surface area contributed by atoms with Crippen molar-refractivity contribution in [1.29, 1.82) is 0 Å². The van der Waals surface area contributed by atoms with Crippen LogP contribution >= 0.6 is 0 Å². The van der Waals surface area contributed by atoms with E-state index in [2.05, 4.69) is 54.2 Å². The molecule has 0 aliphatic rings. The van der Waals surface area contributed by atoms with Crippen LogP contribution in [0.4, 0.5) is 21.2 Å². The molecule has 0 spiro atoms. The Labute approximate surface area is 533 Å². The van der Waals surface area contributed by atoms with Gasteiger partial charge >= 0.3 is 18.2 Å². The fraction of sp³-hybridized carbons (Fsp3) is 0.386. The van der Waals surface area contributed by atoms with E-state index >= 15 is 0 Å². The van der Waals surface area contributed by atoms with Gasteiger partial charge in [-0.15, -0.1) is 0 Å². The number of nitrogens with two attached hydrogens (primary N) is 3. The van der Waals surface area contributed by atoms with Gasteiger partial charge in [-0.25, -0.2) is 34.3 Å². The quantitative estimate of drug-likeness (QED) is 0.0295. The first kappa shape index (κ1) is 70.5. The number of hydrogen-bond acceptors (Lipinski definition) is 14. The number of nitrogens with one attached hydrogen (secondary N) is 4. The third kappa shape index (κ3) is 20.4. The molecular weight excluding hydrogens is 1150 g/mol. The van der Waals surface area contributed by atoms with Gasteiger partial charge in [0, 0.05) is 74.0 Å². The average Bonchev–Trinajstić information content (AvgIpc) is 1.66. The SMILES string of the molecule is C.CC(C)(C)OC(=O)NCCc1ccc(C(=O)O)cc1.CCCCc1nc2c(N)nc3ccccc3c2n1CCNC(=O)c1ccc(CCN)cc1.CCCCc1nc2c(N)nc3ccccc3c2n1CCNC(=O)c1ccc(CCNC(=O)OC(C)(C)C)cc1. The Kier molecular flexibility index (Phi) is 25.8. The molecule has 11 N–H and O–H groups in total. The van der Waals surface area contributed by atoms with Crippen molar-refractivity contribution in [1.82, 2.24) is 50.3 Å². The van der Waals surface area contributed by atoms with Gasteiger partial charge in [0.15, 0.2) is 11.6 Å². The zero-order valence-electron chi connectivity index (χ0n) is 53.1. The van der Waals surface area contributed by atoms with Crippen molar-refractivity contribution in [3.8, 4) is 0 Å². The molecule has 4 amide bonds. The minimum atomic E-state index is -0.946. The molecule has 0 saturated heterocycles. The number of aromatic carboxylic acids is 1. The van der Waals surface area contributed by atoms with Crippen molar-refractivity contribution in [3.63, 3.8) is 0 Å². The van der Waals surface area contributed by atoms with Crippen molar-refractivity contribution < 1.29 is 38.6 Å². The number of aromatic nitrogens is 6. The number of carbonyl (C=O) groups excluding carboxylic acids is 4. The summed E-state index contributed by atoms with van der Waals surface area (Å²) in [5, 5.41) is 22.3. The van der Waals surface area contributed by atoms with E-state index in [-0.39, 0.29) is 24.8 Å². The first-order valence-corrected chi connectivity index (χ1v) is 30.8. The summed E-state index contributed by atoms with van der Waals surface area (Å²) in [7, 11) is 0. The van der Waals surface area contributed by atoms with Crippen molar-refractivity contribution in [2.45, 2.75) is 145 Å². The highest BCUT2D eigenvalue weighted by Gasteiger charge is 2.21. The summed E-state index contributed by atoms with van der Waals surface area (Å²) in [5.41, 5.74) is 26.8. The number of amides is 4. The Morgan fingerprint density at radius 3 is 1.20 bits per heavy atom. The van der Waals surface area contributed by atoms with Crippen LogP contribution in [0.3, 0.4) is 0 Å². The van der Waals surface area contributed by atoms with Crippen LogP contribution in [0.1, 0.15) is 148 Å². The smallest absolute Gasteiger partial charge is 0.407 e. The first-order valence-electron chi connectivity index (χ1n) is 30.8. The highest BCUT2D eigenvalue weighted by Crippen LogP contribution is 2.31. The molecule has 21 heteroatoms. The van der Waals surface area contributed by atoms with Gasteiger partial charge in [0.1, 0.15) is 33.9 Å². The molecule has 4 heterocycles. The number of carboxylic acid groups (broad SMARTS) is 1. The largest absolute Gasteiger partial charge is 0.478 e. The van der Waals surface area contributed by atoms with Crippen LogP contribution in [0.25, 0.3) is 43.9 Å². The van der Waals surface area contributed by atoms with Crippen LogP contribution in [0.5, 0.6) is 0 Å². The van der Waals surface area contributed by atoms with Crippen LogP contribution in [0, 0.1) is 0 Å². The number of pyridine rings is 2. The number of rotatable bonds is 23. The number of para-hydroxylation sites is 2. The van der Waals surface area contributed by atoms with Crippen molar-refractivity contribution in [2.24, 2.45) is 5.73 Å². The van der Waals surface area contributed by atoms with Crippen molar-refractivity contribution in [3.05, 3.63) is 166 Å². The normalized spacial score (nSPS) is 11.2. The number of nitrogens with zero attached hydrogens (tertiary/aromatic N) is 6. The summed E-state index contributed by atoms with van der Waals surface area (Å²) in [6.45, 7) is 18.8. The molecule has 0 fully saturated rings. The Morgan fingerprint density at radius 2 is 0.846 bits per heavy atom. The highest BCUT2D eigenvalue weighted by atomic mass is 16.6. The van der Waals surface area contributed by atoms with Crippen LogP contribution in [-0.4, -0.2) is 108 Å². The molecule has 0 aliphatic heterocycles. The fourth-order valence-electron chi connectivity index (χ4n) is 9.98. The predicted octanol–water partition coefficient (Wildman–Crippen LogP) is 11.5. The summed E-state index contributed by atoms with van der Waals surface area (Å²) in [4.78, 5) is 78.1. The fourth-order valence-corrected chi connectivity index (χ4v) is 9.98. The number of benzene rings is 5. The summed E-state index contributed by atoms with van der Waals surface area (Å²) >= 11 is 0. The minimum Gasteiger partial charge on any atom is -0.478 e. The number of hydrogen-bond donors (Lipinski definition) is 8. The van der Waals surface area contributed by atoms with Crippen LogP contribution in [0.2, 0.25) is 0 Å². The van der Waals surface area contributed by atoms with E-state index in [4.69, 9.17) is 41.7 Å². The second-order valence-corrected chi connectivity index (χ2v) is 23.8. The Bertz CT molecular complexity index is 3890. The molecule has 21 nitrogen and oxygen atoms in total. The minimum absolute atomic E-state index is 0. The Hall–Kier alpha value is -9.63. The standard InChI is InChI=1S/C30H38N6O3.C25H30N6O.C14H19NO4.CH4/c1-5-6-11-24-35-25-26(22-9-7-8-10-23(22)34-27(25)31)36(24)19-18-32-28(37)21-14-12-20(13-15-21)16-17-33-29(38)39-30(2,3)4;1-2-3-8-21-30-22-23(19-6-4-5-7-20(19)29-24(22)27)31(21)16-15-28-25(32)18-11-9-17(10-12-18)13-14-26;1-14(2,3)19-13(18)15-9-8-10-4-6-11(7-5-10)12(16)17;/h7-10,12-15H,5-6,11,16-19H2,1-4H3,(H2,31,34)(H,32,37)(H,33,38);4-7,9-12H,2-3,8,13-16,26H2,1H3,(H2,27,29)(H,28,32);4-7H,8-9H2,1-3H3,(H,15,18)(H,16,17);1H4. The van der Waals surface area contributed by atoms with Gasteiger partial charge in [-0.05, 0) is 145 Å². The van der Waals surface area contributed by atoms with Gasteiger partial charge in [0.05, 0.1) is 27.6 Å². The molecule has 0 bridgehead atoms. The number of nitrogen functional groups attached to an aromatic ring is 2. The number of alkyl carbamates (subject to hydrolysis) is 2. The van der Waals surface area contributed by atoms with E-state index in [9.17, 15) is 24.0 Å². The molecule has 4 aromatic heterocycles. The lowest BCUT2D eigenvalue weighted by Gasteiger charge is -2.19. The number of imidazole rings is 2. The van der Waals surface area contributed by atoms with E-state index in [1.807, 2.05) is 106 Å². The summed E-state index contributed by atoms with van der Waals surface area (Å²) in [6, 6.07) is 37.5. The number of carbonyl (C=O) groups is 5. The van der Waals surface area contributed by atoms with Crippen molar-refractivity contribution in [2.75, 3.05) is 44.2 Å². The number of anilines is 2. The van der Waals surface area contributed by atoms with E-state index in [1.165, 1.54) is 0 Å². The molecular formula is C70H91N13O8. The molecule has 0 saturated carbocycles. The number of unbranched alkanes of at least 4 members (excludes halogenated alkanes) is 2. The second-order valence-electron chi connectivity index (χ2n) is 23.8. The summed E-state index contributed by atoms with van der Waals surface area (Å²) < 4.78 is 14.7. The van der Waals surface area contributed by atoms with Gasteiger partial charge in [-0.3, -0.25) is 9.59 Å². The zero-order chi connectivity index (χ0) is 65.0. The zero-order valence-corrected chi connectivity index (χ0v) is 53.1. The molecule has 9 rings (SSSR count). The summed E-state index contributed by atoms with van der Waals surface area (Å²) in [6.07, 6.45) is 7.06. The van der Waals surface area contributed by atoms with E-state index in [1.54, 1.807) is 57.2 Å². The Morgan fingerprint density at radius 1 is 0.484 bits per heavy atom. The average molecular weight is 1240 g/mol. The maximum atomic E-state index is 12.9. The summed E-state index contributed by atoms with van der Waals surface area (Å²) in [5.74, 6) is 1.62. The van der Waals surface area contributed by atoms with Gasteiger partial charge in [-0.1, -0.05) is 107 Å². The van der Waals surface area contributed by atoms with Crippen LogP contribution < -0.4 is 38.5 Å². The number of fused-ring (bicyclic) bond motifs is 6. The van der Waals surface area contributed by atoms with E-state index < -0.39 is 29.4 Å². The van der Waals surface area contributed by atoms with E-state index in [0.29, 0.717) is 86.9 Å². The third-order valence-electron chi connectivity index (χ3n) is 14.4. The lowest BCUT2D eigenvalue weighted by molar-refractivity contribution is 0.0517. The van der Waals surface area contributed by atoms with E-state index in [0.717, 1.165) is 112 Å². The topological polar surface area (TPSA) is 312 Å². The monoisotopic (exact) mass is 1240 g/mol. The van der Waals surface area contributed by atoms with Gasteiger partial charge < -0.3 is 62.2 Å². The maximum absolute atomic E-state index is 12.9. The van der Waals surface area contributed by atoms with Crippen LogP contribution in [0.15, 0.2) is 121 Å². The Balaban J connectivity index is 0.000000228. The third-order valence-corrected chi connectivity index (χ3v) is 14.4. The number of carboxylic acids is 1. The molecule has 5 aromatic carbocycles.